The highest BCUT2D eigenvalue weighted by Crippen LogP contribution is 2.20. The predicted octanol–water partition coefficient (Wildman–Crippen LogP) is 2.61. The largest absolute Gasteiger partial charge is 0.321 e. The maximum atomic E-state index is 6.14. The molecule has 0 amide bonds. The van der Waals surface area contributed by atoms with Gasteiger partial charge in [0.05, 0.1) is 18.4 Å². The number of imidazole rings is 1. The zero-order valence-electron chi connectivity index (χ0n) is 13.6. The first-order valence-electron chi connectivity index (χ1n) is 8.25. The van der Waals surface area contributed by atoms with Crippen LogP contribution in [0.5, 0.6) is 0 Å². The van der Waals surface area contributed by atoms with Crippen LogP contribution in [0.2, 0.25) is 5.15 Å². The summed E-state index contributed by atoms with van der Waals surface area (Å²) >= 11 is 6.14. The number of hydrogen-bond acceptors (Lipinski definition) is 4. The Bertz CT molecular complexity index is 605. The van der Waals surface area contributed by atoms with Crippen molar-refractivity contribution >= 4 is 11.6 Å². The van der Waals surface area contributed by atoms with Gasteiger partial charge in [0.25, 0.3) is 0 Å². The van der Waals surface area contributed by atoms with Crippen molar-refractivity contribution in [2.75, 3.05) is 13.1 Å². The summed E-state index contributed by atoms with van der Waals surface area (Å²) in [7, 11) is 1.97. The van der Waals surface area contributed by atoms with Crippen LogP contribution < -0.4 is 5.32 Å². The second-order valence-electron chi connectivity index (χ2n) is 6.12. The van der Waals surface area contributed by atoms with Crippen LogP contribution in [-0.4, -0.2) is 38.6 Å². The molecule has 0 spiro atoms. The molecule has 1 fully saturated rings. The SMILES string of the molecule is Cn1c(Cl)cnc1CN(Cc1ccccn1)[C@@H]1CCCNCC1. The molecule has 0 bridgehead atoms. The van der Waals surface area contributed by atoms with Crippen LogP contribution in [0.25, 0.3) is 0 Å². The molecule has 2 aromatic heterocycles. The van der Waals surface area contributed by atoms with Crippen molar-refractivity contribution in [1.82, 2.24) is 24.8 Å². The monoisotopic (exact) mass is 333 g/mol. The van der Waals surface area contributed by atoms with Crippen LogP contribution in [0.15, 0.2) is 30.6 Å². The van der Waals surface area contributed by atoms with Crippen molar-refractivity contribution in [2.45, 2.75) is 38.4 Å². The Balaban J connectivity index is 1.78. The van der Waals surface area contributed by atoms with Crippen molar-refractivity contribution in [2.24, 2.45) is 7.05 Å². The van der Waals surface area contributed by atoms with Gasteiger partial charge in [0.1, 0.15) is 11.0 Å². The number of hydrogen-bond donors (Lipinski definition) is 1. The van der Waals surface area contributed by atoms with Gasteiger partial charge in [-0.1, -0.05) is 17.7 Å². The summed E-state index contributed by atoms with van der Waals surface area (Å²) in [5, 5.41) is 4.17. The Labute approximate surface area is 142 Å². The summed E-state index contributed by atoms with van der Waals surface area (Å²) in [5.74, 6) is 1.00. The lowest BCUT2D eigenvalue weighted by Gasteiger charge is -2.30. The van der Waals surface area contributed by atoms with Crippen molar-refractivity contribution in [1.29, 1.82) is 0 Å². The van der Waals surface area contributed by atoms with Crippen molar-refractivity contribution < 1.29 is 0 Å². The molecule has 6 heteroatoms. The summed E-state index contributed by atoms with van der Waals surface area (Å²) in [4.78, 5) is 11.5. The highest BCUT2D eigenvalue weighted by Gasteiger charge is 2.22. The highest BCUT2D eigenvalue weighted by atomic mass is 35.5. The van der Waals surface area contributed by atoms with Gasteiger partial charge in [-0.25, -0.2) is 4.98 Å². The van der Waals surface area contributed by atoms with Crippen LogP contribution in [0, 0.1) is 0 Å². The van der Waals surface area contributed by atoms with E-state index in [0.717, 1.165) is 44.1 Å². The quantitative estimate of drug-likeness (QED) is 0.913. The summed E-state index contributed by atoms with van der Waals surface area (Å²) in [6.07, 6.45) is 7.16. The Kier molecular flexibility index (Phi) is 5.65. The van der Waals surface area contributed by atoms with Crippen molar-refractivity contribution in [3.05, 3.63) is 47.3 Å². The molecule has 3 rings (SSSR count). The molecule has 2 aromatic rings. The molecule has 1 aliphatic rings. The summed E-state index contributed by atoms with van der Waals surface area (Å²) in [6.45, 7) is 3.83. The molecule has 124 valence electrons. The zero-order chi connectivity index (χ0) is 16.1. The maximum absolute atomic E-state index is 6.14. The van der Waals surface area contributed by atoms with Gasteiger partial charge in [-0.2, -0.15) is 0 Å². The van der Waals surface area contributed by atoms with E-state index in [0.29, 0.717) is 11.2 Å². The van der Waals surface area contributed by atoms with Gasteiger partial charge in [-0.05, 0) is 44.5 Å². The van der Waals surface area contributed by atoms with Gasteiger partial charge in [0.2, 0.25) is 0 Å². The minimum absolute atomic E-state index is 0.544. The molecule has 0 aromatic carbocycles. The molecule has 23 heavy (non-hydrogen) atoms. The van der Waals surface area contributed by atoms with Crippen LogP contribution in [0.4, 0.5) is 0 Å². The third-order valence-electron chi connectivity index (χ3n) is 4.53. The molecule has 1 N–H and O–H groups in total. The normalized spacial score (nSPS) is 19.0. The Hall–Kier alpha value is -1.43. The fourth-order valence-corrected chi connectivity index (χ4v) is 3.28. The smallest absolute Gasteiger partial charge is 0.128 e. The standard InChI is InChI=1S/C17H24ClN5/c1-22-16(18)11-21-17(22)13-23(12-14-5-2-3-9-20-14)15-6-4-8-19-10-7-15/h2-3,5,9,11,15,19H,4,6-8,10,12-13H2,1H3/t15-/m1/s1. The first kappa shape index (κ1) is 16.4. The van der Waals surface area contributed by atoms with E-state index in [2.05, 4.69) is 26.3 Å². The highest BCUT2D eigenvalue weighted by molar-refractivity contribution is 6.29. The van der Waals surface area contributed by atoms with E-state index in [4.69, 9.17) is 11.6 Å². The topological polar surface area (TPSA) is 46.0 Å². The molecule has 0 aliphatic carbocycles. The van der Waals surface area contributed by atoms with E-state index in [1.54, 1.807) is 6.20 Å². The third-order valence-corrected chi connectivity index (χ3v) is 4.88. The number of nitrogens with one attached hydrogen (secondary N) is 1. The molecule has 0 unspecified atom stereocenters. The van der Waals surface area contributed by atoms with Gasteiger partial charge < -0.3 is 9.88 Å². The molecule has 5 nitrogen and oxygen atoms in total. The van der Waals surface area contributed by atoms with Gasteiger partial charge in [0, 0.05) is 25.8 Å². The summed E-state index contributed by atoms with van der Waals surface area (Å²) in [5.41, 5.74) is 1.10. The fourth-order valence-electron chi connectivity index (χ4n) is 3.13. The van der Waals surface area contributed by atoms with Gasteiger partial charge in [-0.3, -0.25) is 9.88 Å². The summed E-state index contributed by atoms with van der Waals surface area (Å²) in [6, 6.07) is 6.64. The zero-order valence-corrected chi connectivity index (χ0v) is 14.3. The fraction of sp³-hybridized carbons (Fsp3) is 0.529. The molecular weight excluding hydrogens is 310 g/mol. The average Bonchev–Trinajstić information content (AvgIpc) is 2.79. The lowest BCUT2D eigenvalue weighted by molar-refractivity contribution is 0.156. The minimum atomic E-state index is 0.544. The van der Waals surface area contributed by atoms with E-state index < -0.39 is 0 Å². The van der Waals surface area contributed by atoms with E-state index >= 15 is 0 Å². The van der Waals surface area contributed by atoms with Gasteiger partial charge in [-0.15, -0.1) is 0 Å². The third kappa shape index (κ3) is 4.31. The molecule has 1 atom stereocenters. The minimum Gasteiger partial charge on any atom is -0.321 e. The maximum Gasteiger partial charge on any atom is 0.128 e. The van der Waals surface area contributed by atoms with Gasteiger partial charge in [0.15, 0.2) is 0 Å². The number of aromatic nitrogens is 3. The number of halogens is 1. The van der Waals surface area contributed by atoms with Crippen LogP contribution in [-0.2, 0) is 20.1 Å². The van der Waals surface area contributed by atoms with Crippen LogP contribution in [0.1, 0.15) is 30.8 Å². The summed E-state index contributed by atoms with van der Waals surface area (Å²) < 4.78 is 1.96. The predicted molar refractivity (Wildman–Crippen MR) is 92.2 cm³/mol. The first-order chi connectivity index (χ1) is 11.2. The van der Waals surface area contributed by atoms with E-state index in [1.807, 2.05) is 29.9 Å². The molecular formula is C17H24ClN5. The molecule has 1 saturated heterocycles. The molecule has 0 saturated carbocycles. The molecule has 0 radical (unpaired) electrons. The van der Waals surface area contributed by atoms with E-state index in [-0.39, 0.29) is 0 Å². The number of pyridine rings is 1. The van der Waals surface area contributed by atoms with Gasteiger partial charge >= 0.3 is 0 Å². The second kappa shape index (κ2) is 7.90. The van der Waals surface area contributed by atoms with E-state index in [1.165, 1.54) is 12.8 Å². The number of nitrogens with zero attached hydrogens (tertiary/aromatic N) is 4. The molecule has 1 aliphatic heterocycles. The van der Waals surface area contributed by atoms with Crippen molar-refractivity contribution in [3.8, 4) is 0 Å². The second-order valence-corrected chi connectivity index (χ2v) is 6.50. The lowest BCUT2D eigenvalue weighted by atomic mass is 10.1. The first-order valence-corrected chi connectivity index (χ1v) is 8.62. The Morgan fingerprint density at radius 2 is 2.17 bits per heavy atom. The van der Waals surface area contributed by atoms with E-state index in [9.17, 15) is 0 Å². The molecule has 3 heterocycles. The van der Waals surface area contributed by atoms with Crippen molar-refractivity contribution in [3.63, 3.8) is 0 Å². The average molecular weight is 334 g/mol. The van der Waals surface area contributed by atoms with Crippen LogP contribution in [0.3, 0.4) is 0 Å². The lowest BCUT2D eigenvalue weighted by Crippen LogP contribution is -2.36. The number of rotatable bonds is 5. The Morgan fingerprint density at radius 3 is 2.91 bits per heavy atom. The van der Waals surface area contributed by atoms with Crippen LogP contribution >= 0.6 is 11.6 Å². The Morgan fingerprint density at radius 1 is 1.26 bits per heavy atom.